The Labute approximate surface area is 174 Å². The van der Waals surface area contributed by atoms with Crippen molar-refractivity contribution in [2.75, 3.05) is 20.1 Å². The molecule has 7 nitrogen and oxygen atoms in total. The molecule has 1 heterocycles. The van der Waals surface area contributed by atoms with Crippen LogP contribution in [0.5, 0.6) is 0 Å². The van der Waals surface area contributed by atoms with Crippen LogP contribution in [0.2, 0.25) is 5.02 Å². The number of nitrogens with one attached hydrogen (secondary N) is 3. The minimum absolute atomic E-state index is 0.325. The molecule has 5 N–H and O–H groups in total. The molecule has 0 spiro atoms. The molecule has 2 aromatic rings. The summed E-state index contributed by atoms with van der Waals surface area (Å²) in [5.41, 5.74) is 13.1. The van der Waals surface area contributed by atoms with E-state index < -0.39 is 10.0 Å². The standard InChI is InChI=1S/C18H24ClN5O2S2/c1-21-24-17(13-16(20)14-7-2-3-8-15(14)19)22-10-4-5-11-23-28(25,26)18-9-6-12-27-18/h2-3,6-9,12-13,21,23H,4-5,10-11,20H2,1H3,(H,22,24). The summed E-state index contributed by atoms with van der Waals surface area (Å²) in [5.74, 6) is 0.569. The second kappa shape index (κ2) is 11.2. The Balaban J connectivity index is 1.86. The first-order valence-electron chi connectivity index (χ1n) is 8.66. The van der Waals surface area contributed by atoms with Crippen molar-refractivity contribution in [3.05, 3.63) is 58.4 Å². The molecule has 0 bridgehead atoms. The van der Waals surface area contributed by atoms with E-state index in [1.807, 2.05) is 18.2 Å². The van der Waals surface area contributed by atoms with Crippen molar-refractivity contribution >= 4 is 44.5 Å². The number of benzene rings is 1. The van der Waals surface area contributed by atoms with Crippen molar-refractivity contribution in [3.63, 3.8) is 0 Å². The SMILES string of the molecule is CNNC(C=C(N)c1ccccc1Cl)=NCCCCNS(=O)(=O)c1cccs1. The fourth-order valence-electron chi connectivity index (χ4n) is 2.30. The molecule has 0 fully saturated rings. The average molecular weight is 442 g/mol. The van der Waals surface area contributed by atoms with Gasteiger partial charge in [-0.25, -0.2) is 18.6 Å². The number of halogens is 1. The largest absolute Gasteiger partial charge is 0.398 e. The maximum Gasteiger partial charge on any atom is 0.250 e. The van der Waals surface area contributed by atoms with Gasteiger partial charge in [-0.05, 0) is 30.4 Å². The van der Waals surface area contributed by atoms with E-state index in [1.54, 1.807) is 36.7 Å². The van der Waals surface area contributed by atoms with E-state index in [0.29, 0.717) is 40.3 Å². The van der Waals surface area contributed by atoms with Crippen LogP contribution in [-0.4, -0.2) is 34.4 Å². The molecule has 2 rings (SSSR count). The van der Waals surface area contributed by atoms with Gasteiger partial charge >= 0.3 is 0 Å². The topological polar surface area (TPSA) is 109 Å². The van der Waals surface area contributed by atoms with Crippen molar-refractivity contribution in [1.82, 2.24) is 15.6 Å². The Morgan fingerprint density at radius 1 is 1.25 bits per heavy atom. The minimum Gasteiger partial charge on any atom is -0.398 e. The maximum absolute atomic E-state index is 12.0. The first-order chi connectivity index (χ1) is 13.4. The number of nitrogens with zero attached hydrogens (tertiary/aromatic N) is 1. The summed E-state index contributed by atoms with van der Waals surface area (Å²) < 4.78 is 27.0. The van der Waals surface area contributed by atoms with Crippen molar-refractivity contribution in [2.45, 2.75) is 17.1 Å². The molecule has 0 saturated carbocycles. The van der Waals surface area contributed by atoms with Crippen LogP contribution in [-0.2, 0) is 10.0 Å². The molecule has 0 unspecified atom stereocenters. The lowest BCUT2D eigenvalue weighted by Gasteiger charge is -2.08. The van der Waals surface area contributed by atoms with Crippen molar-refractivity contribution in [1.29, 1.82) is 0 Å². The lowest BCUT2D eigenvalue weighted by Crippen LogP contribution is -2.33. The summed E-state index contributed by atoms with van der Waals surface area (Å²) in [4.78, 5) is 4.46. The molecular formula is C18H24ClN5O2S2. The number of amidine groups is 1. The Bertz CT molecular complexity index is 912. The summed E-state index contributed by atoms with van der Waals surface area (Å²) in [6.07, 6.45) is 3.10. The van der Waals surface area contributed by atoms with Crippen molar-refractivity contribution < 1.29 is 8.42 Å². The highest BCUT2D eigenvalue weighted by Gasteiger charge is 2.13. The Hall–Kier alpha value is -1.91. The van der Waals surface area contributed by atoms with Crippen LogP contribution < -0.4 is 21.3 Å². The van der Waals surface area contributed by atoms with Gasteiger partial charge in [-0.15, -0.1) is 11.3 Å². The molecular weight excluding hydrogens is 418 g/mol. The Morgan fingerprint density at radius 3 is 2.71 bits per heavy atom. The highest BCUT2D eigenvalue weighted by atomic mass is 35.5. The van der Waals surface area contributed by atoms with E-state index in [9.17, 15) is 8.42 Å². The number of hydrazine groups is 1. The number of sulfonamides is 1. The third kappa shape index (κ3) is 6.92. The van der Waals surface area contributed by atoms with Gasteiger partial charge < -0.3 is 11.2 Å². The van der Waals surface area contributed by atoms with Crippen LogP contribution in [0.15, 0.2) is 57.1 Å². The lowest BCUT2D eigenvalue weighted by atomic mass is 10.1. The molecule has 0 radical (unpaired) electrons. The zero-order valence-corrected chi connectivity index (χ0v) is 17.9. The normalized spacial score (nSPS) is 12.9. The van der Waals surface area contributed by atoms with Gasteiger partial charge in [0.15, 0.2) is 0 Å². The molecule has 0 atom stereocenters. The average Bonchev–Trinajstić information content (AvgIpc) is 3.20. The quantitative estimate of drug-likeness (QED) is 0.196. The number of thiophene rings is 1. The lowest BCUT2D eigenvalue weighted by molar-refractivity contribution is 0.579. The third-order valence-electron chi connectivity index (χ3n) is 3.65. The summed E-state index contributed by atoms with van der Waals surface area (Å²) >= 11 is 7.36. The van der Waals surface area contributed by atoms with Gasteiger partial charge in [0.1, 0.15) is 10.0 Å². The van der Waals surface area contributed by atoms with Crippen LogP contribution in [0.1, 0.15) is 18.4 Å². The van der Waals surface area contributed by atoms with Crippen LogP contribution in [0.3, 0.4) is 0 Å². The zero-order chi connectivity index (χ0) is 20.4. The predicted octanol–water partition coefficient (Wildman–Crippen LogP) is 2.58. The van der Waals surface area contributed by atoms with E-state index in [1.165, 1.54) is 11.3 Å². The van der Waals surface area contributed by atoms with Crippen LogP contribution >= 0.6 is 22.9 Å². The molecule has 1 aromatic heterocycles. The molecule has 28 heavy (non-hydrogen) atoms. The number of rotatable bonds is 10. The second-order valence-corrected chi connectivity index (χ2v) is 9.11. The number of aliphatic imine (C=N–C) groups is 1. The number of hydrogen-bond donors (Lipinski definition) is 4. The van der Waals surface area contributed by atoms with Gasteiger partial charge in [0.2, 0.25) is 10.0 Å². The number of nitrogens with two attached hydrogens (primary N) is 1. The van der Waals surface area contributed by atoms with E-state index in [2.05, 4.69) is 20.6 Å². The molecule has 10 heteroatoms. The highest BCUT2D eigenvalue weighted by Crippen LogP contribution is 2.20. The van der Waals surface area contributed by atoms with E-state index >= 15 is 0 Å². The van der Waals surface area contributed by atoms with Crippen LogP contribution in [0, 0.1) is 0 Å². The summed E-state index contributed by atoms with van der Waals surface area (Å²) in [6.45, 7) is 0.888. The first kappa shape index (κ1) is 22.4. The van der Waals surface area contributed by atoms with Crippen molar-refractivity contribution in [3.8, 4) is 0 Å². The monoisotopic (exact) mass is 441 g/mol. The molecule has 0 aliphatic heterocycles. The highest BCUT2D eigenvalue weighted by molar-refractivity contribution is 7.91. The maximum atomic E-state index is 12.0. The summed E-state index contributed by atoms with van der Waals surface area (Å²) in [5, 5.41) is 2.31. The minimum atomic E-state index is -3.41. The summed E-state index contributed by atoms with van der Waals surface area (Å²) in [7, 11) is -1.68. The van der Waals surface area contributed by atoms with E-state index in [0.717, 1.165) is 12.0 Å². The van der Waals surface area contributed by atoms with Gasteiger partial charge in [-0.2, -0.15) is 0 Å². The van der Waals surface area contributed by atoms with Gasteiger partial charge in [0.05, 0.1) is 0 Å². The van der Waals surface area contributed by atoms with Gasteiger partial charge in [0, 0.05) is 42.5 Å². The van der Waals surface area contributed by atoms with E-state index in [4.69, 9.17) is 17.3 Å². The fraction of sp³-hybridized carbons (Fsp3) is 0.278. The van der Waals surface area contributed by atoms with Gasteiger partial charge in [-0.1, -0.05) is 35.9 Å². The molecule has 0 aliphatic rings. The smallest absolute Gasteiger partial charge is 0.250 e. The first-order valence-corrected chi connectivity index (χ1v) is 11.4. The molecule has 1 aromatic carbocycles. The second-order valence-electron chi connectivity index (χ2n) is 5.76. The predicted molar refractivity (Wildman–Crippen MR) is 117 cm³/mol. The summed E-state index contributed by atoms with van der Waals surface area (Å²) in [6, 6.07) is 10.6. The number of unbranched alkanes of at least 4 members (excludes halogenated alkanes) is 1. The molecule has 0 amide bonds. The fourth-order valence-corrected chi connectivity index (χ4v) is 4.66. The van der Waals surface area contributed by atoms with E-state index in [-0.39, 0.29) is 0 Å². The third-order valence-corrected chi connectivity index (χ3v) is 6.84. The molecule has 0 saturated heterocycles. The van der Waals surface area contributed by atoms with Crippen LogP contribution in [0.4, 0.5) is 0 Å². The van der Waals surface area contributed by atoms with Gasteiger partial charge in [-0.3, -0.25) is 4.99 Å². The van der Waals surface area contributed by atoms with Gasteiger partial charge in [0.25, 0.3) is 0 Å². The molecule has 0 aliphatic carbocycles. The van der Waals surface area contributed by atoms with Crippen molar-refractivity contribution in [2.24, 2.45) is 10.7 Å². The zero-order valence-electron chi connectivity index (χ0n) is 15.5. The number of hydrogen-bond acceptors (Lipinski definition) is 6. The Kier molecular flexibility index (Phi) is 8.94. The Morgan fingerprint density at radius 2 is 2.04 bits per heavy atom. The van der Waals surface area contributed by atoms with Crippen LogP contribution in [0.25, 0.3) is 5.70 Å². The molecule has 152 valence electrons.